The van der Waals surface area contributed by atoms with Gasteiger partial charge in [-0.1, -0.05) is 36.1 Å². The van der Waals surface area contributed by atoms with Gasteiger partial charge in [0.25, 0.3) is 5.91 Å². The maximum Gasteiger partial charge on any atom is 0.253 e. The Morgan fingerprint density at radius 1 is 1.15 bits per heavy atom. The molecule has 0 aliphatic rings. The number of aromatic nitrogens is 1. The zero-order valence-corrected chi connectivity index (χ0v) is 20.3. The van der Waals surface area contributed by atoms with Crippen LogP contribution in [0.25, 0.3) is 10.4 Å². The number of halogens is 1. The summed E-state index contributed by atoms with van der Waals surface area (Å²) >= 11 is 1.27. The second-order valence-electron chi connectivity index (χ2n) is 7.75. The van der Waals surface area contributed by atoms with Crippen molar-refractivity contribution in [2.24, 2.45) is 0 Å². The fraction of sp³-hybridized carbons (Fsp3) is 0.217. The van der Waals surface area contributed by atoms with Gasteiger partial charge in [-0.2, -0.15) is 0 Å². The smallest absolute Gasteiger partial charge is 0.253 e. The van der Waals surface area contributed by atoms with Gasteiger partial charge in [-0.15, -0.1) is 0 Å². The number of anilines is 2. The fourth-order valence-corrected chi connectivity index (χ4v) is 4.83. The lowest BCUT2D eigenvalue weighted by atomic mass is 10.1. The molecule has 0 atom stereocenters. The van der Waals surface area contributed by atoms with E-state index in [9.17, 15) is 17.6 Å². The number of aryl methyl sites for hydroxylation is 1. The molecular weight excluding hydrogens is 463 g/mol. The molecule has 33 heavy (non-hydrogen) atoms. The van der Waals surface area contributed by atoms with Crippen molar-refractivity contribution < 1.29 is 17.6 Å². The van der Waals surface area contributed by atoms with E-state index in [0.29, 0.717) is 38.3 Å². The van der Waals surface area contributed by atoms with Crippen molar-refractivity contribution in [3.8, 4) is 10.4 Å². The van der Waals surface area contributed by atoms with Crippen molar-refractivity contribution in [2.75, 3.05) is 16.9 Å². The second kappa shape index (κ2) is 9.72. The largest absolute Gasteiger partial charge is 0.350 e. The molecule has 0 saturated carbocycles. The van der Waals surface area contributed by atoms with Crippen molar-refractivity contribution in [3.05, 3.63) is 71.9 Å². The average Bonchev–Trinajstić information content (AvgIpc) is 3.06. The lowest BCUT2D eigenvalue weighted by Gasteiger charge is -2.15. The van der Waals surface area contributed by atoms with Crippen LogP contribution >= 0.6 is 11.3 Å². The molecule has 0 fully saturated rings. The van der Waals surface area contributed by atoms with Crippen LogP contribution < -0.4 is 16.0 Å². The van der Waals surface area contributed by atoms with Gasteiger partial charge in [0.15, 0.2) is 15.0 Å². The first kappa shape index (κ1) is 24.4. The van der Waals surface area contributed by atoms with Gasteiger partial charge in [-0.3, -0.25) is 4.79 Å². The van der Waals surface area contributed by atoms with Crippen LogP contribution in [-0.4, -0.2) is 31.6 Å². The Hall–Kier alpha value is -3.24. The summed E-state index contributed by atoms with van der Waals surface area (Å²) in [6, 6.07) is 11.1. The molecule has 1 heterocycles. The Morgan fingerprint density at radius 2 is 1.85 bits per heavy atom. The van der Waals surface area contributed by atoms with Gasteiger partial charge < -0.3 is 16.0 Å². The molecule has 7 nitrogen and oxygen atoms in total. The third-order valence-corrected chi connectivity index (χ3v) is 6.78. The first-order valence-corrected chi connectivity index (χ1v) is 12.8. The van der Waals surface area contributed by atoms with Crippen LogP contribution in [0, 0.1) is 12.7 Å². The number of amides is 1. The summed E-state index contributed by atoms with van der Waals surface area (Å²) in [6.45, 7) is 9.51. The number of sulfone groups is 1. The SMILES string of the molecule is C=C(Nc1nc(C)c(-c2ccc(S(C)(=O)=O)c(F)c2)s1)Nc1ccccc1C(=O)NC(C)C. The Bertz CT molecular complexity index is 1320. The molecule has 0 unspecified atom stereocenters. The van der Waals surface area contributed by atoms with E-state index in [0.717, 1.165) is 6.26 Å². The molecule has 174 valence electrons. The number of carbonyl (C=O) groups excluding carboxylic acids is 1. The molecule has 0 aliphatic carbocycles. The van der Waals surface area contributed by atoms with E-state index in [1.54, 1.807) is 31.2 Å². The van der Waals surface area contributed by atoms with E-state index in [1.165, 1.54) is 23.5 Å². The lowest BCUT2D eigenvalue weighted by molar-refractivity contribution is 0.0944. The van der Waals surface area contributed by atoms with Gasteiger partial charge in [-0.25, -0.2) is 17.8 Å². The minimum Gasteiger partial charge on any atom is -0.350 e. The molecule has 2 aromatic carbocycles. The highest BCUT2D eigenvalue weighted by Gasteiger charge is 2.17. The van der Waals surface area contributed by atoms with Gasteiger partial charge in [-0.05, 0) is 50.6 Å². The zero-order valence-electron chi connectivity index (χ0n) is 18.7. The first-order valence-electron chi connectivity index (χ1n) is 10.1. The maximum absolute atomic E-state index is 14.3. The third-order valence-electron chi connectivity index (χ3n) is 4.52. The third kappa shape index (κ3) is 5.96. The highest BCUT2D eigenvalue weighted by atomic mass is 32.2. The highest BCUT2D eigenvalue weighted by Crippen LogP contribution is 2.34. The number of nitrogens with zero attached hydrogens (tertiary/aromatic N) is 1. The Balaban J connectivity index is 1.78. The highest BCUT2D eigenvalue weighted by molar-refractivity contribution is 7.90. The number of thiazole rings is 1. The monoisotopic (exact) mass is 488 g/mol. The van der Waals surface area contributed by atoms with Crippen LogP contribution in [0.4, 0.5) is 15.2 Å². The predicted molar refractivity (Wildman–Crippen MR) is 131 cm³/mol. The minimum absolute atomic E-state index is 0.0000607. The standard InChI is InChI=1S/C23H25FN4O3S2/c1-13(2)25-22(29)17-8-6-7-9-19(17)27-15(4)28-23-26-14(3)21(32-23)16-10-11-20(18(24)12-16)33(5,30)31/h6-13,27H,4H2,1-3,5H3,(H,25,29)(H,26,28). The van der Waals surface area contributed by atoms with E-state index < -0.39 is 15.7 Å². The summed E-state index contributed by atoms with van der Waals surface area (Å²) in [4.78, 5) is 17.3. The van der Waals surface area contributed by atoms with E-state index in [2.05, 4.69) is 27.5 Å². The summed E-state index contributed by atoms with van der Waals surface area (Å²) in [5.41, 5.74) is 2.24. The van der Waals surface area contributed by atoms with Crippen molar-refractivity contribution in [1.29, 1.82) is 0 Å². The van der Waals surface area contributed by atoms with Crippen LogP contribution in [0.15, 0.2) is 59.8 Å². The van der Waals surface area contributed by atoms with E-state index in [4.69, 9.17) is 0 Å². The molecule has 10 heteroatoms. The summed E-state index contributed by atoms with van der Waals surface area (Å²) in [7, 11) is -3.65. The Morgan fingerprint density at radius 3 is 2.48 bits per heavy atom. The number of para-hydroxylation sites is 1. The van der Waals surface area contributed by atoms with Crippen molar-refractivity contribution in [3.63, 3.8) is 0 Å². The van der Waals surface area contributed by atoms with Crippen molar-refractivity contribution in [1.82, 2.24) is 10.3 Å². The molecular formula is C23H25FN4O3S2. The quantitative estimate of drug-likeness (QED) is 0.421. The van der Waals surface area contributed by atoms with Gasteiger partial charge in [0.2, 0.25) is 0 Å². The summed E-state index contributed by atoms with van der Waals surface area (Å²) in [5, 5.41) is 9.52. The summed E-state index contributed by atoms with van der Waals surface area (Å²) < 4.78 is 37.7. The van der Waals surface area contributed by atoms with Crippen LogP contribution in [0.2, 0.25) is 0 Å². The number of carbonyl (C=O) groups is 1. The number of benzene rings is 2. The summed E-state index contributed by atoms with van der Waals surface area (Å²) in [6.07, 6.45) is 0.967. The van der Waals surface area contributed by atoms with Gasteiger partial charge in [0, 0.05) is 12.3 Å². The molecule has 3 rings (SSSR count). The maximum atomic E-state index is 14.3. The molecule has 0 bridgehead atoms. The number of hydrogen-bond donors (Lipinski definition) is 3. The van der Waals surface area contributed by atoms with Gasteiger partial charge >= 0.3 is 0 Å². The minimum atomic E-state index is -3.65. The number of hydrogen-bond acceptors (Lipinski definition) is 7. The lowest BCUT2D eigenvalue weighted by Crippen LogP contribution is -2.30. The molecule has 0 spiro atoms. The number of rotatable bonds is 8. The van der Waals surface area contributed by atoms with E-state index in [-0.39, 0.29) is 16.8 Å². The Kier molecular flexibility index (Phi) is 7.19. The summed E-state index contributed by atoms with van der Waals surface area (Å²) in [5.74, 6) is -0.605. The second-order valence-corrected chi connectivity index (χ2v) is 10.7. The van der Waals surface area contributed by atoms with E-state index in [1.807, 2.05) is 19.9 Å². The molecule has 0 saturated heterocycles. The molecule has 0 radical (unpaired) electrons. The van der Waals surface area contributed by atoms with E-state index >= 15 is 0 Å². The van der Waals surface area contributed by atoms with Gasteiger partial charge in [0.1, 0.15) is 16.5 Å². The number of nitrogens with one attached hydrogen (secondary N) is 3. The Labute approximate surface area is 196 Å². The van der Waals surface area contributed by atoms with Crippen LogP contribution in [-0.2, 0) is 9.84 Å². The normalized spacial score (nSPS) is 11.3. The van der Waals surface area contributed by atoms with Crippen LogP contribution in [0.5, 0.6) is 0 Å². The zero-order chi connectivity index (χ0) is 24.3. The van der Waals surface area contributed by atoms with Gasteiger partial charge in [0.05, 0.1) is 21.8 Å². The molecule has 3 aromatic rings. The molecule has 1 aromatic heterocycles. The van der Waals surface area contributed by atoms with Crippen LogP contribution in [0.1, 0.15) is 29.9 Å². The fourth-order valence-electron chi connectivity index (χ4n) is 3.11. The topological polar surface area (TPSA) is 100 Å². The van der Waals surface area contributed by atoms with Crippen molar-refractivity contribution in [2.45, 2.75) is 31.7 Å². The van der Waals surface area contributed by atoms with Crippen molar-refractivity contribution >= 4 is 37.9 Å². The average molecular weight is 489 g/mol. The molecule has 3 N–H and O–H groups in total. The first-order chi connectivity index (χ1) is 15.5. The predicted octanol–water partition coefficient (Wildman–Crippen LogP) is 4.79. The molecule has 0 aliphatic heterocycles. The molecule has 1 amide bonds. The van der Waals surface area contributed by atoms with Crippen LogP contribution in [0.3, 0.4) is 0 Å².